The van der Waals surface area contributed by atoms with Crippen LogP contribution >= 0.6 is 0 Å². The van der Waals surface area contributed by atoms with Crippen LogP contribution in [0.4, 0.5) is 13.2 Å². The summed E-state index contributed by atoms with van der Waals surface area (Å²) in [5.74, 6) is -4.44. The molecule has 3 fully saturated rings. The highest BCUT2D eigenvalue weighted by molar-refractivity contribution is 6.22. The second kappa shape index (κ2) is 7.36. The molecule has 0 spiro atoms. The van der Waals surface area contributed by atoms with Crippen molar-refractivity contribution in [1.29, 1.82) is 0 Å². The molecule has 5 atom stereocenters. The number of aliphatic hydroxyl groups is 1. The molecule has 1 heterocycles. The van der Waals surface area contributed by atoms with E-state index in [0.29, 0.717) is 19.3 Å². The van der Waals surface area contributed by atoms with Gasteiger partial charge in [-0.15, -0.1) is 0 Å². The average Bonchev–Trinajstić information content (AvgIpc) is 3.04. The Morgan fingerprint density at radius 3 is 2.27 bits per heavy atom. The van der Waals surface area contributed by atoms with E-state index in [-0.39, 0.29) is 31.3 Å². The normalized spacial score (nSPS) is 37.8. The summed E-state index contributed by atoms with van der Waals surface area (Å²) in [5, 5.41) is 11.2. The number of fused-ring (bicyclic) bond motifs is 2. The molecule has 2 saturated carbocycles. The SMILES string of the molecule is O=C1C2CCC(C2)C(=O)C1C(=O)C1CCC(C(F)(F)F)NC1OCCO. The van der Waals surface area contributed by atoms with Gasteiger partial charge in [-0.2, -0.15) is 13.2 Å². The molecule has 5 unspecified atom stereocenters. The number of nitrogens with one attached hydrogen (secondary N) is 1. The highest BCUT2D eigenvalue weighted by Gasteiger charge is 2.54. The molecule has 146 valence electrons. The molecule has 0 aromatic rings. The van der Waals surface area contributed by atoms with Gasteiger partial charge in [-0.05, 0) is 32.1 Å². The quantitative estimate of drug-likeness (QED) is 0.695. The zero-order valence-electron chi connectivity index (χ0n) is 14.1. The van der Waals surface area contributed by atoms with Gasteiger partial charge in [0.25, 0.3) is 0 Å². The first-order valence-corrected chi connectivity index (χ1v) is 8.90. The molecule has 0 radical (unpaired) electrons. The number of alkyl halides is 3. The van der Waals surface area contributed by atoms with Crippen LogP contribution in [0, 0.1) is 23.7 Å². The maximum Gasteiger partial charge on any atom is 0.403 e. The number of halogens is 3. The molecule has 0 aromatic carbocycles. The Morgan fingerprint density at radius 2 is 1.73 bits per heavy atom. The number of rotatable bonds is 5. The molecule has 2 aliphatic carbocycles. The average molecular weight is 377 g/mol. The van der Waals surface area contributed by atoms with Gasteiger partial charge in [0.1, 0.15) is 18.2 Å². The van der Waals surface area contributed by atoms with Crippen molar-refractivity contribution in [1.82, 2.24) is 5.32 Å². The molecule has 3 aliphatic rings. The molecule has 26 heavy (non-hydrogen) atoms. The van der Waals surface area contributed by atoms with E-state index in [9.17, 15) is 27.6 Å². The second-order valence-corrected chi connectivity index (χ2v) is 7.31. The van der Waals surface area contributed by atoms with Crippen LogP contribution in [0.15, 0.2) is 0 Å². The second-order valence-electron chi connectivity index (χ2n) is 7.31. The van der Waals surface area contributed by atoms with E-state index in [1.165, 1.54) is 0 Å². The van der Waals surface area contributed by atoms with E-state index >= 15 is 0 Å². The lowest BCUT2D eigenvalue weighted by Gasteiger charge is -2.38. The van der Waals surface area contributed by atoms with Crippen LogP contribution in [-0.2, 0) is 19.1 Å². The summed E-state index contributed by atoms with van der Waals surface area (Å²) in [5.41, 5.74) is 0. The van der Waals surface area contributed by atoms with Crippen molar-refractivity contribution < 1.29 is 37.4 Å². The summed E-state index contributed by atoms with van der Waals surface area (Å²) < 4.78 is 44.2. The first-order valence-electron chi connectivity index (χ1n) is 8.90. The Bertz CT molecular complexity index is 571. The fourth-order valence-electron chi connectivity index (χ4n) is 4.39. The lowest BCUT2D eigenvalue weighted by molar-refractivity contribution is -0.185. The minimum absolute atomic E-state index is 0.126. The van der Waals surface area contributed by atoms with E-state index in [1.807, 2.05) is 0 Å². The van der Waals surface area contributed by atoms with Crippen molar-refractivity contribution in [2.45, 2.75) is 50.6 Å². The Labute approximate surface area is 148 Å². The van der Waals surface area contributed by atoms with Gasteiger partial charge in [0.15, 0.2) is 17.3 Å². The number of hydrogen-bond donors (Lipinski definition) is 2. The molecular weight excluding hydrogens is 355 g/mol. The number of ketones is 3. The van der Waals surface area contributed by atoms with Crippen molar-refractivity contribution in [3.8, 4) is 0 Å². The smallest absolute Gasteiger partial charge is 0.394 e. The fourth-order valence-corrected chi connectivity index (χ4v) is 4.39. The molecule has 1 aliphatic heterocycles. The van der Waals surface area contributed by atoms with Gasteiger partial charge >= 0.3 is 6.18 Å². The van der Waals surface area contributed by atoms with Crippen molar-refractivity contribution in [3.05, 3.63) is 0 Å². The lowest BCUT2D eigenvalue weighted by Crippen LogP contribution is -2.58. The van der Waals surface area contributed by atoms with Crippen LogP contribution in [0.25, 0.3) is 0 Å². The van der Waals surface area contributed by atoms with Crippen LogP contribution < -0.4 is 5.32 Å². The highest BCUT2D eigenvalue weighted by atomic mass is 19.4. The van der Waals surface area contributed by atoms with Gasteiger partial charge in [0.2, 0.25) is 0 Å². The number of ether oxygens (including phenoxy) is 1. The minimum atomic E-state index is -4.50. The van der Waals surface area contributed by atoms with Crippen molar-refractivity contribution >= 4 is 17.3 Å². The van der Waals surface area contributed by atoms with Crippen LogP contribution in [0.5, 0.6) is 0 Å². The number of hydrogen-bond acceptors (Lipinski definition) is 6. The number of Topliss-reactive ketones (excluding diaryl/α,β-unsaturated/α-hetero) is 3. The van der Waals surface area contributed by atoms with Gasteiger partial charge in [0.05, 0.1) is 19.1 Å². The molecule has 9 heteroatoms. The number of piperidine rings is 1. The number of carbonyl (C=O) groups is 3. The van der Waals surface area contributed by atoms with Gasteiger partial charge in [0, 0.05) is 11.8 Å². The molecule has 1 saturated heterocycles. The third-order valence-corrected chi connectivity index (χ3v) is 5.74. The Balaban J connectivity index is 1.78. The van der Waals surface area contributed by atoms with Crippen molar-refractivity contribution in [3.63, 3.8) is 0 Å². The highest BCUT2D eigenvalue weighted by Crippen LogP contribution is 2.42. The van der Waals surface area contributed by atoms with E-state index < -0.39 is 54.2 Å². The zero-order chi connectivity index (χ0) is 19.1. The minimum Gasteiger partial charge on any atom is -0.394 e. The van der Waals surface area contributed by atoms with E-state index in [2.05, 4.69) is 5.32 Å². The molecular formula is C17H22F3NO5. The predicted molar refractivity (Wildman–Crippen MR) is 81.9 cm³/mol. The van der Waals surface area contributed by atoms with Gasteiger partial charge in [-0.3, -0.25) is 19.7 Å². The topological polar surface area (TPSA) is 92.7 Å². The molecule has 6 nitrogen and oxygen atoms in total. The molecule has 0 aromatic heterocycles. The third kappa shape index (κ3) is 3.57. The Kier molecular flexibility index (Phi) is 5.50. The summed E-state index contributed by atoms with van der Waals surface area (Å²) in [6.07, 6.45) is -4.59. The van der Waals surface area contributed by atoms with Crippen LogP contribution in [0.2, 0.25) is 0 Å². The zero-order valence-corrected chi connectivity index (χ0v) is 14.1. The summed E-state index contributed by atoms with van der Waals surface area (Å²) in [4.78, 5) is 37.9. The van der Waals surface area contributed by atoms with E-state index in [1.54, 1.807) is 0 Å². The number of carbonyl (C=O) groups excluding carboxylic acids is 3. The summed E-state index contributed by atoms with van der Waals surface area (Å²) >= 11 is 0. The van der Waals surface area contributed by atoms with E-state index in [4.69, 9.17) is 9.84 Å². The Morgan fingerprint density at radius 1 is 1.12 bits per heavy atom. The molecule has 2 N–H and O–H groups in total. The van der Waals surface area contributed by atoms with Crippen LogP contribution in [-0.4, -0.2) is 54.1 Å². The third-order valence-electron chi connectivity index (χ3n) is 5.74. The van der Waals surface area contributed by atoms with Gasteiger partial charge in [-0.25, -0.2) is 0 Å². The molecule has 0 amide bonds. The first-order chi connectivity index (χ1) is 12.2. The summed E-state index contributed by atoms with van der Waals surface area (Å²) in [6.45, 7) is -0.662. The lowest BCUT2D eigenvalue weighted by atomic mass is 9.72. The summed E-state index contributed by atoms with van der Waals surface area (Å²) in [6, 6.07) is -1.83. The van der Waals surface area contributed by atoms with Crippen molar-refractivity contribution in [2.24, 2.45) is 23.7 Å². The van der Waals surface area contributed by atoms with E-state index in [0.717, 1.165) is 0 Å². The largest absolute Gasteiger partial charge is 0.403 e. The fraction of sp³-hybridized carbons (Fsp3) is 0.824. The van der Waals surface area contributed by atoms with Gasteiger partial charge < -0.3 is 9.84 Å². The van der Waals surface area contributed by atoms with Gasteiger partial charge in [-0.1, -0.05) is 0 Å². The summed E-state index contributed by atoms with van der Waals surface area (Å²) in [7, 11) is 0. The monoisotopic (exact) mass is 377 g/mol. The van der Waals surface area contributed by atoms with Crippen molar-refractivity contribution in [2.75, 3.05) is 13.2 Å². The standard InChI is InChI=1S/C17H22F3NO5/c18-17(19,20)11-4-3-10(16(21-11)26-6-5-22)15(25)12-13(23)8-1-2-9(7-8)14(12)24/h8-12,16,21-22H,1-7H2. The number of aliphatic hydroxyl groups excluding tert-OH is 1. The first kappa shape index (κ1) is 19.4. The maximum atomic E-state index is 13.0. The Hall–Kier alpha value is -1.32. The molecule has 2 bridgehead atoms. The van der Waals surface area contributed by atoms with Crippen LogP contribution in [0.3, 0.4) is 0 Å². The van der Waals surface area contributed by atoms with Crippen LogP contribution in [0.1, 0.15) is 32.1 Å². The maximum absolute atomic E-state index is 13.0. The molecule has 3 rings (SSSR count). The predicted octanol–water partition coefficient (Wildman–Crippen LogP) is 1.01.